The minimum absolute atomic E-state index is 0. The molecule has 0 saturated heterocycles. The zero-order valence-corrected chi connectivity index (χ0v) is 11.5. The van der Waals surface area contributed by atoms with Crippen LogP contribution in [-0.4, -0.2) is 29.3 Å². The number of hydrogen-bond acceptors (Lipinski definition) is 4. The molecule has 0 heterocycles. The number of nitrogens with one attached hydrogen (secondary N) is 1. The van der Waals surface area contributed by atoms with Crippen molar-refractivity contribution in [2.45, 2.75) is 26.3 Å². The van der Waals surface area contributed by atoms with Crippen LogP contribution in [0.5, 0.6) is 5.75 Å². The van der Waals surface area contributed by atoms with Gasteiger partial charge in [-0.05, 0) is 39.0 Å². The first kappa shape index (κ1) is 16.6. The molecule has 2 N–H and O–H groups in total. The molecule has 0 bridgehead atoms. The monoisotopic (exact) mass is 271 g/mol. The number of aromatic hydroxyl groups is 1. The zero-order chi connectivity index (χ0) is 13.1. The van der Waals surface area contributed by atoms with E-state index >= 15 is 0 Å². The van der Waals surface area contributed by atoms with Crippen LogP contribution >= 0.6 is 12.4 Å². The van der Waals surface area contributed by atoms with Crippen LogP contribution in [0.15, 0.2) is 18.2 Å². The highest BCUT2D eigenvalue weighted by Gasteiger charge is 2.13. The van der Waals surface area contributed by atoms with E-state index in [9.17, 15) is 14.7 Å². The molecule has 0 aliphatic carbocycles. The number of phenols is 1. The van der Waals surface area contributed by atoms with E-state index in [0.717, 1.165) is 0 Å². The summed E-state index contributed by atoms with van der Waals surface area (Å²) < 4.78 is 0. The highest BCUT2D eigenvalue weighted by molar-refractivity contribution is 5.99. The summed E-state index contributed by atoms with van der Waals surface area (Å²) in [4.78, 5) is 22.4. The number of carbonyl (C=O) groups excluding carboxylic acids is 2. The second-order valence-corrected chi connectivity index (χ2v) is 4.92. The molecule has 0 unspecified atom stereocenters. The van der Waals surface area contributed by atoms with E-state index in [1.165, 1.54) is 18.2 Å². The van der Waals surface area contributed by atoms with Gasteiger partial charge in [0.15, 0.2) is 12.1 Å². The molecule has 1 rings (SSSR count). The number of aldehydes is 1. The Labute approximate surface area is 113 Å². The van der Waals surface area contributed by atoms with Crippen LogP contribution in [0.25, 0.3) is 0 Å². The third kappa shape index (κ3) is 4.85. The van der Waals surface area contributed by atoms with Gasteiger partial charge >= 0.3 is 0 Å². The minimum atomic E-state index is -0.139. The average Bonchev–Trinajstić information content (AvgIpc) is 2.25. The molecule has 0 fully saturated rings. The average molecular weight is 272 g/mol. The summed E-state index contributed by atoms with van der Waals surface area (Å²) in [6.07, 6.45) is 0.531. The summed E-state index contributed by atoms with van der Waals surface area (Å²) in [6.45, 7) is 6.10. The van der Waals surface area contributed by atoms with E-state index in [0.29, 0.717) is 11.8 Å². The Bertz CT molecular complexity index is 438. The number of ketones is 1. The highest BCUT2D eigenvalue weighted by Crippen LogP contribution is 2.16. The number of phenolic OH excluding ortho intramolecular Hbond substituents is 1. The lowest BCUT2D eigenvalue weighted by atomic mass is 10.0. The number of rotatable bonds is 4. The van der Waals surface area contributed by atoms with Crippen LogP contribution < -0.4 is 5.32 Å². The van der Waals surface area contributed by atoms with Gasteiger partial charge < -0.3 is 10.4 Å². The molecule has 5 heteroatoms. The lowest BCUT2D eigenvalue weighted by molar-refractivity contribution is 0.0982. The number of carbonyl (C=O) groups is 2. The van der Waals surface area contributed by atoms with Crippen molar-refractivity contribution in [2.75, 3.05) is 6.54 Å². The molecule has 1 aromatic rings. The van der Waals surface area contributed by atoms with Crippen LogP contribution in [0.1, 0.15) is 41.5 Å². The van der Waals surface area contributed by atoms with Gasteiger partial charge in [0.25, 0.3) is 0 Å². The number of benzene rings is 1. The first-order valence-electron chi connectivity index (χ1n) is 5.40. The van der Waals surface area contributed by atoms with Crippen molar-refractivity contribution < 1.29 is 14.7 Å². The lowest BCUT2D eigenvalue weighted by Gasteiger charge is -2.19. The molecular weight excluding hydrogens is 254 g/mol. The summed E-state index contributed by atoms with van der Waals surface area (Å²) in [7, 11) is 0. The molecule has 0 atom stereocenters. The molecule has 0 radical (unpaired) electrons. The summed E-state index contributed by atoms with van der Waals surface area (Å²) in [5.74, 6) is -0.219. The number of hydrogen-bond donors (Lipinski definition) is 2. The van der Waals surface area contributed by atoms with Crippen LogP contribution in [0.3, 0.4) is 0 Å². The zero-order valence-electron chi connectivity index (χ0n) is 10.7. The number of Topliss-reactive ketones (excluding diaryl/α,β-unsaturated/α-hetero) is 1. The third-order valence-corrected chi connectivity index (χ3v) is 2.26. The van der Waals surface area contributed by atoms with Gasteiger partial charge in [0.1, 0.15) is 5.75 Å². The van der Waals surface area contributed by atoms with Gasteiger partial charge in [0.05, 0.1) is 12.1 Å². The van der Waals surface area contributed by atoms with Crippen LogP contribution in [0.2, 0.25) is 0 Å². The second-order valence-electron chi connectivity index (χ2n) is 4.92. The van der Waals surface area contributed by atoms with Crippen molar-refractivity contribution in [3.8, 4) is 5.75 Å². The van der Waals surface area contributed by atoms with Crippen molar-refractivity contribution >= 4 is 24.5 Å². The smallest absolute Gasteiger partial charge is 0.176 e. The fraction of sp³-hybridized carbons (Fsp3) is 0.385. The van der Waals surface area contributed by atoms with Crippen LogP contribution in [0, 0.1) is 0 Å². The lowest BCUT2D eigenvalue weighted by Crippen LogP contribution is -2.39. The van der Waals surface area contributed by atoms with E-state index in [-0.39, 0.29) is 41.6 Å². The first-order chi connectivity index (χ1) is 7.83. The Hall–Kier alpha value is -1.39. The Balaban J connectivity index is 0.00000289. The molecule has 0 aromatic heterocycles. The van der Waals surface area contributed by atoms with Crippen molar-refractivity contribution in [3.05, 3.63) is 29.3 Å². The van der Waals surface area contributed by atoms with Crippen LogP contribution in [0.4, 0.5) is 0 Å². The third-order valence-electron chi connectivity index (χ3n) is 2.26. The molecule has 0 spiro atoms. The van der Waals surface area contributed by atoms with E-state index in [1.54, 1.807) is 0 Å². The SMILES string of the molecule is CC(C)(C)NCC(=O)c1ccc(O)c(C=O)c1.Cl. The molecule has 18 heavy (non-hydrogen) atoms. The maximum atomic E-state index is 11.8. The highest BCUT2D eigenvalue weighted by atomic mass is 35.5. The molecule has 1 aromatic carbocycles. The minimum Gasteiger partial charge on any atom is -0.507 e. The molecular formula is C13H18ClNO3. The molecule has 0 amide bonds. The summed E-state index contributed by atoms with van der Waals surface area (Å²) in [5.41, 5.74) is 0.410. The standard InChI is InChI=1S/C13H17NO3.ClH/c1-13(2,3)14-7-12(17)9-4-5-11(16)10(6-9)8-15;/h4-6,8,14,16H,7H2,1-3H3;1H. The summed E-state index contributed by atoms with van der Waals surface area (Å²) >= 11 is 0. The second kappa shape index (κ2) is 6.52. The van der Waals surface area contributed by atoms with E-state index in [4.69, 9.17) is 0 Å². The normalized spacial score (nSPS) is 10.6. The van der Waals surface area contributed by atoms with E-state index < -0.39 is 0 Å². The Kier molecular flexibility index (Phi) is 6.01. The predicted octanol–water partition coefficient (Wildman–Crippen LogP) is 2.20. The molecule has 0 aliphatic rings. The van der Waals surface area contributed by atoms with Crippen molar-refractivity contribution in [1.82, 2.24) is 5.32 Å². The quantitative estimate of drug-likeness (QED) is 0.651. The Morgan fingerprint density at radius 3 is 2.50 bits per heavy atom. The largest absolute Gasteiger partial charge is 0.507 e. The van der Waals surface area contributed by atoms with Gasteiger partial charge in [0, 0.05) is 11.1 Å². The summed E-state index contributed by atoms with van der Waals surface area (Å²) in [6, 6.07) is 4.26. The van der Waals surface area contributed by atoms with Gasteiger partial charge in [0.2, 0.25) is 0 Å². The van der Waals surface area contributed by atoms with Crippen LogP contribution in [-0.2, 0) is 0 Å². The van der Waals surface area contributed by atoms with E-state index in [1.807, 2.05) is 20.8 Å². The van der Waals surface area contributed by atoms with Gasteiger partial charge in [-0.25, -0.2) is 0 Å². The van der Waals surface area contributed by atoms with Gasteiger partial charge in [-0.2, -0.15) is 0 Å². The fourth-order valence-electron chi connectivity index (χ4n) is 1.27. The molecule has 0 aliphatic heterocycles. The first-order valence-corrected chi connectivity index (χ1v) is 5.40. The van der Waals surface area contributed by atoms with Gasteiger partial charge in [-0.3, -0.25) is 9.59 Å². The molecule has 100 valence electrons. The predicted molar refractivity (Wildman–Crippen MR) is 72.8 cm³/mol. The molecule has 4 nitrogen and oxygen atoms in total. The fourth-order valence-corrected chi connectivity index (χ4v) is 1.27. The van der Waals surface area contributed by atoms with Crippen molar-refractivity contribution in [3.63, 3.8) is 0 Å². The number of halogens is 1. The molecule has 0 saturated carbocycles. The summed E-state index contributed by atoms with van der Waals surface area (Å²) in [5, 5.41) is 12.4. The maximum Gasteiger partial charge on any atom is 0.176 e. The Morgan fingerprint density at radius 1 is 1.39 bits per heavy atom. The topological polar surface area (TPSA) is 66.4 Å². The maximum absolute atomic E-state index is 11.8. The van der Waals surface area contributed by atoms with Crippen molar-refractivity contribution in [1.29, 1.82) is 0 Å². The van der Waals surface area contributed by atoms with Gasteiger partial charge in [-0.15, -0.1) is 12.4 Å². The Morgan fingerprint density at radius 2 is 2.00 bits per heavy atom. The van der Waals surface area contributed by atoms with E-state index in [2.05, 4.69) is 5.32 Å². The van der Waals surface area contributed by atoms with Gasteiger partial charge in [-0.1, -0.05) is 0 Å². The van der Waals surface area contributed by atoms with Crippen molar-refractivity contribution in [2.24, 2.45) is 0 Å².